The van der Waals surface area contributed by atoms with Crippen LogP contribution in [-0.2, 0) is 24.9 Å². The van der Waals surface area contributed by atoms with Crippen molar-refractivity contribution in [1.29, 1.82) is 0 Å². The van der Waals surface area contributed by atoms with Crippen LogP contribution >= 0.6 is 0 Å². The van der Waals surface area contributed by atoms with Crippen molar-refractivity contribution in [1.82, 2.24) is 19.1 Å². The summed E-state index contributed by atoms with van der Waals surface area (Å²) < 4.78 is 14.3. The lowest BCUT2D eigenvalue weighted by atomic mass is 10.2. The van der Waals surface area contributed by atoms with Gasteiger partial charge in [0.2, 0.25) is 0 Å². The van der Waals surface area contributed by atoms with E-state index in [1.807, 2.05) is 25.1 Å². The number of imidazole rings is 1. The van der Waals surface area contributed by atoms with Gasteiger partial charge in [0.1, 0.15) is 29.5 Å². The zero-order chi connectivity index (χ0) is 23.4. The van der Waals surface area contributed by atoms with Gasteiger partial charge in [0.15, 0.2) is 11.2 Å². The summed E-state index contributed by atoms with van der Waals surface area (Å²) in [7, 11) is 1.65. The number of H-pyrrole nitrogens is 1. The van der Waals surface area contributed by atoms with Crippen molar-refractivity contribution in [3.63, 3.8) is 0 Å². The molecule has 1 N–H and O–H groups in total. The van der Waals surface area contributed by atoms with Crippen molar-refractivity contribution in [2.24, 2.45) is 7.05 Å². The van der Waals surface area contributed by atoms with E-state index in [0.29, 0.717) is 23.9 Å². The molecule has 0 atom stereocenters. The van der Waals surface area contributed by atoms with Gasteiger partial charge in [0.05, 0.1) is 0 Å². The summed E-state index contributed by atoms with van der Waals surface area (Å²) >= 11 is 0. The Hall–Kier alpha value is -4.14. The number of aromatic amines is 1. The number of hydrogen-bond acceptors (Lipinski definition) is 6. The molecule has 0 spiro atoms. The molecule has 0 bridgehead atoms. The number of nitrogens with zero attached hydrogens (tertiary/aromatic N) is 3. The lowest BCUT2D eigenvalue weighted by Gasteiger charge is -2.11. The van der Waals surface area contributed by atoms with E-state index in [1.54, 1.807) is 43.4 Å². The topological polar surface area (TPSA) is 108 Å². The lowest BCUT2D eigenvalue weighted by Crippen LogP contribution is -2.31. The molecular weight excluding hydrogens is 424 g/mol. The number of unbranched alkanes of at least 4 members (excludes halogenated alkanes) is 1. The van der Waals surface area contributed by atoms with E-state index in [4.69, 9.17) is 9.47 Å². The van der Waals surface area contributed by atoms with E-state index in [2.05, 4.69) is 9.97 Å². The van der Waals surface area contributed by atoms with E-state index in [0.717, 1.165) is 12.8 Å². The first-order valence-corrected chi connectivity index (χ1v) is 10.7. The predicted molar refractivity (Wildman–Crippen MR) is 123 cm³/mol. The molecule has 0 amide bonds. The molecule has 0 aliphatic carbocycles. The first-order valence-electron chi connectivity index (χ1n) is 10.7. The van der Waals surface area contributed by atoms with Gasteiger partial charge in [-0.05, 0) is 30.7 Å². The highest BCUT2D eigenvalue weighted by Crippen LogP contribution is 2.26. The first-order chi connectivity index (χ1) is 16.0. The SMILES string of the molecule is CCCCn1c(=O)[nH]c(=O)c2c1nc(COC(=O)c1ccccc1Oc1ccccc1)n2C. The molecule has 4 rings (SSSR count). The van der Waals surface area contributed by atoms with Gasteiger partial charge in [-0.15, -0.1) is 0 Å². The lowest BCUT2D eigenvalue weighted by molar-refractivity contribution is 0.0457. The minimum Gasteiger partial charge on any atom is -0.456 e. The maximum atomic E-state index is 12.8. The van der Waals surface area contributed by atoms with Crippen molar-refractivity contribution in [3.05, 3.63) is 86.8 Å². The molecule has 0 saturated heterocycles. The van der Waals surface area contributed by atoms with Gasteiger partial charge in [-0.3, -0.25) is 14.3 Å². The number of esters is 1. The zero-order valence-corrected chi connectivity index (χ0v) is 18.4. The van der Waals surface area contributed by atoms with Crippen LogP contribution in [0.5, 0.6) is 11.5 Å². The van der Waals surface area contributed by atoms with E-state index < -0.39 is 17.2 Å². The zero-order valence-electron chi connectivity index (χ0n) is 18.4. The van der Waals surface area contributed by atoms with Crippen LogP contribution in [0.3, 0.4) is 0 Å². The average molecular weight is 448 g/mol. The second-order valence-electron chi connectivity index (χ2n) is 7.51. The molecule has 0 aliphatic heterocycles. The molecule has 9 heteroatoms. The fraction of sp³-hybridized carbons (Fsp3) is 0.250. The third-order valence-electron chi connectivity index (χ3n) is 5.25. The summed E-state index contributed by atoms with van der Waals surface area (Å²) in [5, 5.41) is 0. The Kier molecular flexibility index (Phi) is 6.39. The molecule has 0 unspecified atom stereocenters. The number of carbonyl (C=O) groups is 1. The minimum atomic E-state index is -0.592. The molecule has 2 aromatic heterocycles. The summed E-state index contributed by atoms with van der Waals surface area (Å²) in [6, 6.07) is 15.9. The molecule has 0 saturated carbocycles. The highest BCUT2D eigenvalue weighted by molar-refractivity contribution is 5.92. The average Bonchev–Trinajstić information content (AvgIpc) is 3.15. The molecule has 0 aliphatic rings. The highest BCUT2D eigenvalue weighted by Gasteiger charge is 2.19. The van der Waals surface area contributed by atoms with Crippen molar-refractivity contribution in [2.75, 3.05) is 0 Å². The van der Waals surface area contributed by atoms with Gasteiger partial charge in [-0.1, -0.05) is 43.7 Å². The van der Waals surface area contributed by atoms with Crippen LogP contribution in [0.25, 0.3) is 11.2 Å². The molecule has 2 heterocycles. The van der Waals surface area contributed by atoms with Crippen molar-refractivity contribution >= 4 is 17.1 Å². The van der Waals surface area contributed by atoms with Crippen LogP contribution in [0.15, 0.2) is 64.2 Å². The predicted octanol–water partition coefficient (Wildman–Crippen LogP) is 3.37. The summed E-state index contributed by atoms with van der Waals surface area (Å²) in [6.45, 7) is 2.27. The minimum absolute atomic E-state index is 0.176. The third kappa shape index (κ3) is 4.57. The second-order valence-corrected chi connectivity index (χ2v) is 7.51. The Morgan fingerprint density at radius 2 is 1.79 bits per heavy atom. The van der Waals surface area contributed by atoms with Crippen molar-refractivity contribution in [2.45, 2.75) is 32.9 Å². The summed E-state index contributed by atoms with van der Waals surface area (Å²) in [4.78, 5) is 44.3. The second kappa shape index (κ2) is 9.56. The van der Waals surface area contributed by atoms with E-state index in [-0.39, 0.29) is 23.3 Å². The van der Waals surface area contributed by atoms with Crippen LogP contribution < -0.4 is 16.0 Å². The fourth-order valence-corrected chi connectivity index (χ4v) is 3.49. The largest absolute Gasteiger partial charge is 0.456 e. The Labute approximate surface area is 189 Å². The fourth-order valence-electron chi connectivity index (χ4n) is 3.49. The number of aromatic nitrogens is 4. The summed E-state index contributed by atoms with van der Waals surface area (Å²) in [5.74, 6) is 0.716. The van der Waals surface area contributed by atoms with Crippen LogP contribution in [0, 0.1) is 0 Å². The smallest absolute Gasteiger partial charge is 0.342 e. The Bertz CT molecular complexity index is 1400. The Morgan fingerprint density at radius 1 is 1.06 bits per heavy atom. The summed E-state index contributed by atoms with van der Waals surface area (Å²) in [6.07, 6.45) is 1.65. The van der Waals surface area contributed by atoms with Gasteiger partial charge < -0.3 is 14.0 Å². The summed E-state index contributed by atoms with van der Waals surface area (Å²) in [5.41, 5.74) is -0.243. The van der Waals surface area contributed by atoms with Crippen LogP contribution in [0.2, 0.25) is 0 Å². The molecule has 9 nitrogen and oxygen atoms in total. The molecule has 170 valence electrons. The maximum absolute atomic E-state index is 12.8. The molecular formula is C24H24N4O5. The normalized spacial score (nSPS) is 11.0. The monoisotopic (exact) mass is 448 g/mol. The van der Waals surface area contributed by atoms with E-state index >= 15 is 0 Å². The standard InChI is InChI=1S/C24H24N4O5/c1-3-4-14-28-21-20(22(29)26-24(28)31)27(2)19(25-21)15-32-23(30)17-12-8-9-13-18(17)33-16-10-6-5-7-11-16/h5-13H,3-4,14-15H2,1-2H3,(H,26,29,31). The van der Waals surface area contributed by atoms with Crippen LogP contribution in [-0.4, -0.2) is 25.1 Å². The number of fused-ring (bicyclic) bond motifs is 1. The maximum Gasteiger partial charge on any atom is 0.342 e. The number of nitrogens with one attached hydrogen (secondary N) is 1. The van der Waals surface area contributed by atoms with Gasteiger partial charge in [-0.25, -0.2) is 14.6 Å². The van der Waals surface area contributed by atoms with Crippen LogP contribution in [0.1, 0.15) is 35.9 Å². The number of ether oxygens (including phenoxy) is 2. The van der Waals surface area contributed by atoms with Gasteiger partial charge >= 0.3 is 11.7 Å². The molecule has 4 aromatic rings. The Morgan fingerprint density at radius 3 is 2.55 bits per heavy atom. The van der Waals surface area contributed by atoms with Gasteiger partial charge in [0.25, 0.3) is 5.56 Å². The van der Waals surface area contributed by atoms with Gasteiger partial charge in [-0.2, -0.15) is 0 Å². The van der Waals surface area contributed by atoms with Crippen molar-refractivity contribution < 1.29 is 14.3 Å². The van der Waals surface area contributed by atoms with Crippen LogP contribution in [0.4, 0.5) is 0 Å². The molecule has 2 aromatic carbocycles. The third-order valence-corrected chi connectivity index (χ3v) is 5.25. The first kappa shape index (κ1) is 22.1. The van der Waals surface area contributed by atoms with Gasteiger partial charge in [0, 0.05) is 13.6 Å². The van der Waals surface area contributed by atoms with E-state index in [9.17, 15) is 14.4 Å². The quantitative estimate of drug-likeness (QED) is 0.414. The highest BCUT2D eigenvalue weighted by atomic mass is 16.5. The molecule has 0 radical (unpaired) electrons. The van der Waals surface area contributed by atoms with E-state index in [1.165, 1.54) is 9.13 Å². The molecule has 33 heavy (non-hydrogen) atoms. The molecule has 0 fully saturated rings. The number of rotatable bonds is 8. The number of carbonyl (C=O) groups excluding carboxylic acids is 1. The Balaban J connectivity index is 1.59. The number of benzene rings is 2. The number of aryl methyl sites for hydroxylation is 2. The van der Waals surface area contributed by atoms with Crippen molar-refractivity contribution in [3.8, 4) is 11.5 Å². The number of hydrogen-bond donors (Lipinski definition) is 1. The number of para-hydroxylation sites is 2.